The Kier molecular flexibility index (Phi) is 9.72. The maximum Gasteiger partial charge on any atom is 0.194 e. The molecule has 1 saturated heterocycles. The van der Waals surface area contributed by atoms with Crippen LogP contribution >= 0.6 is 24.0 Å². The van der Waals surface area contributed by atoms with Crippen LogP contribution in [0.3, 0.4) is 0 Å². The van der Waals surface area contributed by atoms with Crippen molar-refractivity contribution in [1.29, 1.82) is 0 Å². The van der Waals surface area contributed by atoms with Gasteiger partial charge in [0.25, 0.3) is 0 Å². The number of guanidine groups is 1. The lowest BCUT2D eigenvalue weighted by molar-refractivity contribution is 0.133. The number of rotatable bonds is 7. The fourth-order valence-electron chi connectivity index (χ4n) is 3.26. The van der Waals surface area contributed by atoms with Crippen molar-refractivity contribution in [2.45, 2.75) is 26.6 Å². The first-order valence-electron chi connectivity index (χ1n) is 9.52. The minimum atomic E-state index is 0. The highest BCUT2D eigenvalue weighted by Crippen LogP contribution is 2.11. The summed E-state index contributed by atoms with van der Waals surface area (Å²) in [5.74, 6) is 0.947. The molecule has 1 aromatic heterocycles. The third kappa shape index (κ3) is 6.46. The van der Waals surface area contributed by atoms with E-state index in [1.807, 2.05) is 20.0 Å². The van der Waals surface area contributed by atoms with Gasteiger partial charge >= 0.3 is 0 Å². The zero-order valence-electron chi connectivity index (χ0n) is 16.6. The van der Waals surface area contributed by atoms with Crippen molar-refractivity contribution in [3.8, 4) is 0 Å². The van der Waals surface area contributed by atoms with Crippen molar-refractivity contribution >= 4 is 29.9 Å². The Labute approximate surface area is 184 Å². The Morgan fingerprint density at radius 3 is 2.57 bits per heavy atom. The average Bonchev–Trinajstić information content (AvgIpc) is 3.22. The highest BCUT2D eigenvalue weighted by atomic mass is 127. The lowest BCUT2D eigenvalue weighted by Gasteiger charge is -2.36. The van der Waals surface area contributed by atoms with Crippen LogP contribution in [-0.2, 0) is 24.4 Å². The van der Waals surface area contributed by atoms with Gasteiger partial charge in [0.05, 0.1) is 12.3 Å². The molecule has 0 spiro atoms. The van der Waals surface area contributed by atoms with Gasteiger partial charge in [-0.2, -0.15) is 0 Å². The summed E-state index contributed by atoms with van der Waals surface area (Å²) in [4.78, 5) is 9.17. The van der Waals surface area contributed by atoms with Gasteiger partial charge in [0.15, 0.2) is 5.96 Å². The highest BCUT2D eigenvalue weighted by molar-refractivity contribution is 14.0. The number of benzene rings is 1. The van der Waals surface area contributed by atoms with Gasteiger partial charge in [0.2, 0.25) is 0 Å². The Bertz CT molecular complexity index is 715. The van der Waals surface area contributed by atoms with E-state index in [0.717, 1.165) is 57.5 Å². The highest BCUT2D eigenvalue weighted by Gasteiger charge is 2.20. The number of nitrogens with one attached hydrogen (secondary N) is 1. The summed E-state index contributed by atoms with van der Waals surface area (Å²) in [7, 11) is 1.84. The molecule has 2 heterocycles. The van der Waals surface area contributed by atoms with E-state index < -0.39 is 0 Å². The monoisotopic (exact) mass is 499 g/mol. The number of ether oxygens (including phenoxy) is 1. The molecule has 0 radical (unpaired) electrons. The molecule has 154 valence electrons. The summed E-state index contributed by atoms with van der Waals surface area (Å²) < 4.78 is 10.5. The quantitative estimate of drug-likeness (QED) is 0.359. The number of hydrogen-bond acceptors (Lipinski definition) is 5. The topological polar surface area (TPSA) is 66.1 Å². The molecule has 8 heteroatoms. The van der Waals surface area contributed by atoms with Gasteiger partial charge in [-0.25, -0.2) is 0 Å². The molecule has 2 aromatic rings. The SMILES string of the molecule is CCOCc1ccccc1CNC(=NC)N1CCN(Cc2ccon2)CC1.I. The van der Waals surface area contributed by atoms with E-state index in [2.05, 4.69) is 49.5 Å². The molecule has 0 saturated carbocycles. The smallest absolute Gasteiger partial charge is 0.194 e. The second-order valence-corrected chi connectivity index (χ2v) is 6.56. The van der Waals surface area contributed by atoms with Crippen molar-refractivity contribution < 1.29 is 9.26 Å². The van der Waals surface area contributed by atoms with Crippen LogP contribution in [0.2, 0.25) is 0 Å². The Morgan fingerprint density at radius 2 is 1.93 bits per heavy atom. The minimum absolute atomic E-state index is 0. The number of aliphatic imine (C=N–C) groups is 1. The van der Waals surface area contributed by atoms with Crippen LogP contribution in [0.4, 0.5) is 0 Å². The van der Waals surface area contributed by atoms with E-state index in [1.165, 1.54) is 11.1 Å². The first-order chi connectivity index (χ1) is 13.3. The second kappa shape index (κ2) is 12.0. The second-order valence-electron chi connectivity index (χ2n) is 6.56. The maximum atomic E-state index is 5.58. The van der Waals surface area contributed by atoms with Crippen molar-refractivity contribution in [2.24, 2.45) is 4.99 Å². The third-order valence-electron chi connectivity index (χ3n) is 4.78. The molecule has 0 amide bonds. The molecule has 3 rings (SSSR count). The van der Waals surface area contributed by atoms with E-state index >= 15 is 0 Å². The summed E-state index contributed by atoms with van der Waals surface area (Å²) in [6, 6.07) is 10.3. The van der Waals surface area contributed by atoms with Crippen LogP contribution in [-0.4, -0.2) is 60.7 Å². The summed E-state index contributed by atoms with van der Waals surface area (Å²) in [5, 5.41) is 7.50. The molecule has 1 aliphatic heterocycles. The maximum absolute atomic E-state index is 5.58. The summed E-state index contributed by atoms with van der Waals surface area (Å²) >= 11 is 0. The largest absolute Gasteiger partial charge is 0.377 e. The summed E-state index contributed by atoms with van der Waals surface area (Å²) in [6.45, 7) is 8.82. The van der Waals surface area contributed by atoms with Gasteiger partial charge in [0, 0.05) is 59.0 Å². The predicted octanol–water partition coefficient (Wildman–Crippen LogP) is 2.72. The number of nitrogens with zero attached hydrogens (tertiary/aromatic N) is 4. The predicted molar refractivity (Wildman–Crippen MR) is 121 cm³/mol. The van der Waals surface area contributed by atoms with Crippen LogP contribution < -0.4 is 5.32 Å². The molecule has 0 atom stereocenters. The van der Waals surface area contributed by atoms with Gasteiger partial charge in [0.1, 0.15) is 6.26 Å². The first-order valence-corrected chi connectivity index (χ1v) is 9.52. The Balaban J connectivity index is 0.00000280. The van der Waals surface area contributed by atoms with E-state index in [9.17, 15) is 0 Å². The molecule has 1 aliphatic rings. The van der Waals surface area contributed by atoms with Gasteiger partial charge in [-0.1, -0.05) is 29.4 Å². The van der Waals surface area contributed by atoms with Crippen molar-refractivity contribution in [1.82, 2.24) is 20.3 Å². The molecule has 1 aromatic carbocycles. The summed E-state index contributed by atoms with van der Waals surface area (Å²) in [5.41, 5.74) is 3.45. The molecule has 1 N–H and O–H groups in total. The van der Waals surface area contributed by atoms with Crippen molar-refractivity contribution in [3.63, 3.8) is 0 Å². The zero-order chi connectivity index (χ0) is 18.9. The Hall–Kier alpha value is -1.65. The molecule has 0 unspecified atom stereocenters. The number of halogens is 1. The molecule has 0 aliphatic carbocycles. The van der Waals surface area contributed by atoms with Crippen LogP contribution in [0.1, 0.15) is 23.7 Å². The molecule has 7 nitrogen and oxygen atoms in total. The van der Waals surface area contributed by atoms with Gasteiger partial charge in [-0.15, -0.1) is 24.0 Å². The fourth-order valence-corrected chi connectivity index (χ4v) is 3.26. The van der Waals surface area contributed by atoms with E-state index in [0.29, 0.717) is 6.61 Å². The molecule has 28 heavy (non-hydrogen) atoms. The van der Waals surface area contributed by atoms with E-state index in [1.54, 1.807) is 6.26 Å². The van der Waals surface area contributed by atoms with Gasteiger partial charge in [-0.3, -0.25) is 9.89 Å². The number of aromatic nitrogens is 1. The standard InChI is InChI=1S/C20H29N5O2.HI/c1-3-26-16-18-7-5-4-6-17(18)14-22-20(21-2)25-11-9-24(10-12-25)15-19-8-13-27-23-19;/h4-8,13H,3,9-12,14-16H2,1-2H3,(H,21,22);1H. The van der Waals surface area contributed by atoms with E-state index in [-0.39, 0.29) is 24.0 Å². The van der Waals surface area contributed by atoms with Crippen LogP contribution in [0.5, 0.6) is 0 Å². The zero-order valence-corrected chi connectivity index (χ0v) is 19.0. The fraction of sp³-hybridized carbons (Fsp3) is 0.500. The van der Waals surface area contributed by atoms with Crippen molar-refractivity contribution in [3.05, 3.63) is 53.4 Å². The first kappa shape index (κ1) is 22.6. The normalized spacial score (nSPS) is 15.4. The van der Waals surface area contributed by atoms with Crippen LogP contribution in [0, 0.1) is 0 Å². The lowest BCUT2D eigenvalue weighted by Crippen LogP contribution is -2.52. The van der Waals surface area contributed by atoms with E-state index in [4.69, 9.17) is 9.26 Å². The van der Waals surface area contributed by atoms with Crippen molar-refractivity contribution in [2.75, 3.05) is 39.8 Å². The third-order valence-corrected chi connectivity index (χ3v) is 4.78. The summed E-state index contributed by atoms with van der Waals surface area (Å²) in [6.07, 6.45) is 1.63. The van der Waals surface area contributed by atoms with Gasteiger partial charge in [-0.05, 0) is 18.1 Å². The molecule has 1 fully saturated rings. The average molecular weight is 499 g/mol. The van der Waals surface area contributed by atoms with Crippen LogP contribution in [0.15, 0.2) is 46.1 Å². The molecular formula is C20H30IN5O2. The number of hydrogen-bond donors (Lipinski definition) is 1. The van der Waals surface area contributed by atoms with Crippen LogP contribution in [0.25, 0.3) is 0 Å². The molecular weight excluding hydrogens is 469 g/mol. The van der Waals surface area contributed by atoms with Gasteiger partial charge < -0.3 is 19.5 Å². The molecule has 0 bridgehead atoms. The minimum Gasteiger partial charge on any atom is -0.377 e. The number of piperazine rings is 1. The lowest BCUT2D eigenvalue weighted by atomic mass is 10.1. The Morgan fingerprint density at radius 1 is 1.18 bits per heavy atom.